The van der Waals surface area contributed by atoms with Crippen LogP contribution in [0.15, 0.2) is 24.3 Å². The molecule has 0 saturated heterocycles. The van der Waals surface area contributed by atoms with Gasteiger partial charge in [0.2, 0.25) is 0 Å². The summed E-state index contributed by atoms with van der Waals surface area (Å²) in [5, 5.41) is 5.98. The topological polar surface area (TPSA) is 62.6 Å². The lowest BCUT2D eigenvalue weighted by Crippen LogP contribution is -3.11. The summed E-state index contributed by atoms with van der Waals surface area (Å²) >= 11 is 0. The molecule has 2 amide bonds. The standard InChI is InChI=1S/C18H27N3O2/c1-13(2)19-17(22)11-21(3)12-18(23)20-16-10-6-8-14-7-4-5-9-15(14)16/h4-5,7,9,13,16H,6,8,10-12H2,1-3H3,(H,19,22)(H,20,23)/p+1/t16-/m0/s1. The van der Waals surface area contributed by atoms with Crippen molar-refractivity contribution in [2.75, 3.05) is 20.1 Å². The van der Waals surface area contributed by atoms with Crippen molar-refractivity contribution in [1.29, 1.82) is 0 Å². The van der Waals surface area contributed by atoms with Gasteiger partial charge >= 0.3 is 0 Å². The molecule has 126 valence electrons. The molecule has 1 aliphatic rings. The molecule has 0 bridgehead atoms. The molecule has 0 heterocycles. The van der Waals surface area contributed by atoms with Crippen LogP contribution in [0.4, 0.5) is 0 Å². The molecular formula is C18H28N3O2+. The summed E-state index contributed by atoms with van der Waals surface area (Å²) in [6.45, 7) is 4.48. The van der Waals surface area contributed by atoms with Crippen LogP contribution in [0.1, 0.15) is 43.9 Å². The quantitative estimate of drug-likeness (QED) is 0.703. The van der Waals surface area contributed by atoms with Gasteiger partial charge in [0.25, 0.3) is 11.8 Å². The number of hydrogen-bond donors (Lipinski definition) is 3. The van der Waals surface area contributed by atoms with Crippen molar-refractivity contribution in [2.45, 2.75) is 45.2 Å². The largest absolute Gasteiger partial charge is 0.349 e. The van der Waals surface area contributed by atoms with Crippen LogP contribution in [0.25, 0.3) is 0 Å². The minimum absolute atomic E-state index is 0.00144. The molecule has 1 aromatic carbocycles. The Morgan fingerprint density at radius 3 is 2.65 bits per heavy atom. The molecule has 2 rings (SSSR count). The van der Waals surface area contributed by atoms with Gasteiger partial charge in [-0.15, -0.1) is 0 Å². The van der Waals surface area contributed by atoms with Gasteiger partial charge in [0.15, 0.2) is 13.1 Å². The van der Waals surface area contributed by atoms with E-state index in [-0.39, 0.29) is 23.9 Å². The number of amides is 2. The van der Waals surface area contributed by atoms with Gasteiger partial charge in [-0.25, -0.2) is 0 Å². The number of benzene rings is 1. The predicted octanol–water partition coefficient (Wildman–Crippen LogP) is 0.220. The normalized spacial score (nSPS) is 18.2. The highest BCUT2D eigenvalue weighted by molar-refractivity contribution is 5.79. The molecule has 1 aromatic rings. The van der Waals surface area contributed by atoms with Crippen molar-refractivity contribution in [3.8, 4) is 0 Å². The average molecular weight is 318 g/mol. The second kappa shape index (κ2) is 8.11. The third-order valence-electron chi connectivity index (χ3n) is 4.08. The fraction of sp³-hybridized carbons (Fsp3) is 0.556. The summed E-state index contributed by atoms with van der Waals surface area (Å²) in [6.07, 6.45) is 3.17. The molecule has 1 aliphatic carbocycles. The molecule has 0 saturated carbocycles. The van der Waals surface area contributed by atoms with Gasteiger partial charge in [0, 0.05) is 6.04 Å². The molecule has 0 aliphatic heterocycles. The van der Waals surface area contributed by atoms with E-state index in [4.69, 9.17) is 0 Å². The highest BCUT2D eigenvalue weighted by Crippen LogP contribution is 2.29. The van der Waals surface area contributed by atoms with E-state index in [2.05, 4.69) is 22.8 Å². The summed E-state index contributed by atoms with van der Waals surface area (Å²) in [5.74, 6) is -0.0186. The van der Waals surface area contributed by atoms with Crippen molar-refractivity contribution in [2.24, 2.45) is 0 Å². The zero-order valence-corrected chi connectivity index (χ0v) is 14.3. The SMILES string of the molecule is CC(C)NC(=O)C[NH+](C)CC(=O)N[C@H]1CCCc2ccccc21. The van der Waals surface area contributed by atoms with E-state index in [0.717, 1.165) is 24.2 Å². The third kappa shape index (κ3) is 5.36. The molecule has 5 heteroatoms. The number of aryl methyl sites for hydroxylation is 1. The zero-order chi connectivity index (χ0) is 16.8. The number of quaternary nitrogens is 1. The lowest BCUT2D eigenvalue weighted by molar-refractivity contribution is -0.862. The Labute approximate surface area is 138 Å². The van der Waals surface area contributed by atoms with Crippen LogP contribution < -0.4 is 15.5 Å². The minimum atomic E-state index is -0.0201. The molecule has 3 N–H and O–H groups in total. The number of hydrogen-bond acceptors (Lipinski definition) is 2. The predicted molar refractivity (Wildman–Crippen MR) is 90.2 cm³/mol. The van der Waals surface area contributed by atoms with Gasteiger partial charge in [-0.1, -0.05) is 24.3 Å². The van der Waals surface area contributed by atoms with E-state index in [1.54, 1.807) is 0 Å². The number of likely N-dealkylation sites (N-methyl/N-ethyl adjacent to an activating group) is 1. The highest BCUT2D eigenvalue weighted by atomic mass is 16.2. The van der Waals surface area contributed by atoms with Gasteiger partial charge in [-0.3, -0.25) is 9.59 Å². The lowest BCUT2D eigenvalue weighted by atomic mass is 9.88. The van der Waals surface area contributed by atoms with Crippen molar-refractivity contribution in [1.82, 2.24) is 10.6 Å². The molecule has 0 radical (unpaired) electrons. The van der Waals surface area contributed by atoms with Crippen LogP contribution in [-0.2, 0) is 16.0 Å². The summed E-state index contributed by atoms with van der Waals surface area (Å²) in [5.41, 5.74) is 2.57. The van der Waals surface area contributed by atoms with Gasteiger partial charge in [0.05, 0.1) is 13.1 Å². The second-order valence-corrected chi connectivity index (χ2v) is 6.74. The Morgan fingerprint density at radius 1 is 1.22 bits per heavy atom. The Balaban J connectivity index is 1.85. The monoisotopic (exact) mass is 318 g/mol. The Hall–Kier alpha value is -1.88. The fourth-order valence-electron chi connectivity index (χ4n) is 3.13. The molecule has 0 aromatic heterocycles. The Morgan fingerprint density at radius 2 is 1.91 bits per heavy atom. The summed E-state index contributed by atoms with van der Waals surface area (Å²) in [7, 11) is 1.87. The van der Waals surface area contributed by atoms with E-state index in [1.807, 2.05) is 33.0 Å². The maximum Gasteiger partial charge on any atom is 0.275 e. The Bertz CT molecular complexity index is 557. The molecule has 1 unspecified atom stereocenters. The van der Waals surface area contributed by atoms with Gasteiger partial charge < -0.3 is 15.5 Å². The van der Waals surface area contributed by atoms with E-state index >= 15 is 0 Å². The van der Waals surface area contributed by atoms with Crippen LogP contribution in [0.3, 0.4) is 0 Å². The number of carbonyl (C=O) groups excluding carboxylic acids is 2. The molecule has 0 fully saturated rings. The Kier molecular flexibility index (Phi) is 6.16. The fourth-order valence-corrected chi connectivity index (χ4v) is 3.13. The molecule has 0 spiro atoms. The molecular weight excluding hydrogens is 290 g/mol. The van der Waals surface area contributed by atoms with Crippen LogP contribution in [0.5, 0.6) is 0 Å². The van der Waals surface area contributed by atoms with Gasteiger partial charge in [-0.2, -0.15) is 0 Å². The van der Waals surface area contributed by atoms with Crippen molar-refractivity contribution < 1.29 is 14.5 Å². The van der Waals surface area contributed by atoms with E-state index in [1.165, 1.54) is 11.1 Å². The maximum absolute atomic E-state index is 12.3. The zero-order valence-electron chi connectivity index (χ0n) is 14.3. The van der Waals surface area contributed by atoms with Crippen LogP contribution in [-0.4, -0.2) is 38.0 Å². The smallest absolute Gasteiger partial charge is 0.275 e. The average Bonchev–Trinajstić information content (AvgIpc) is 2.46. The van der Waals surface area contributed by atoms with Crippen LogP contribution >= 0.6 is 0 Å². The van der Waals surface area contributed by atoms with Crippen molar-refractivity contribution in [3.63, 3.8) is 0 Å². The van der Waals surface area contributed by atoms with Crippen molar-refractivity contribution >= 4 is 11.8 Å². The third-order valence-corrected chi connectivity index (χ3v) is 4.08. The van der Waals surface area contributed by atoms with Gasteiger partial charge in [-0.05, 0) is 44.2 Å². The number of rotatable bonds is 6. The van der Waals surface area contributed by atoms with Crippen LogP contribution in [0, 0.1) is 0 Å². The van der Waals surface area contributed by atoms with Crippen LogP contribution in [0.2, 0.25) is 0 Å². The number of nitrogens with one attached hydrogen (secondary N) is 3. The first-order valence-electron chi connectivity index (χ1n) is 8.43. The van der Waals surface area contributed by atoms with E-state index in [9.17, 15) is 9.59 Å². The minimum Gasteiger partial charge on any atom is -0.349 e. The molecule has 23 heavy (non-hydrogen) atoms. The first-order valence-corrected chi connectivity index (χ1v) is 8.43. The lowest BCUT2D eigenvalue weighted by Gasteiger charge is -2.26. The molecule has 5 nitrogen and oxygen atoms in total. The van der Waals surface area contributed by atoms with E-state index in [0.29, 0.717) is 13.1 Å². The number of carbonyl (C=O) groups is 2. The first-order chi connectivity index (χ1) is 11.0. The van der Waals surface area contributed by atoms with Gasteiger partial charge in [0.1, 0.15) is 0 Å². The molecule has 2 atom stereocenters. The number of fused-ring (bicyclic) bond motifs is 1. The summed E-state index contributed by atoms with van der Waals surface area (Å²) < 4.78 is 0. The first kappa shape index (κ1) is 17.5. The second-order valence-electron chi connectivity index (χ2n) is 6.74. The highest BCUT2D eigenvalue weighted by Gasteiger charge is 2.23. The maximum atomic E-state index is 12.3. The van der Waals surface area contributed by atoms with Crippen molar-refractivity contribution in [3.05, 3.63) is 35.4 Å². The summed E-state index contributed by atoms with van der Waals surface area (Å²) in [6, 6.07) is 8.55. The van der Waals surface area contributed by atoms with E-state index < -0.39 is 0 Å². The summed E-state index contributed by atoms with van der Waals surface area (Å²) in [4.78, 5) is 24.9.